The van der Waals surface area contributed by atoms with Crippen molar-refractivity contribution >= 4 is 22.8 Å². The number of nitrogens with zero attached hydrogens (tertiary/aromatic N) is 4. The van der Waals surface area contributed by atoms with Gasteiger partial charge >= 0.3 is 0 Å². The van der Waals surface area contributed by atoms with Gasteiger partial charge < -0.3 is 4.57 Å². The molecule has 0 bridgehead atoms. The minimum absolute atomic E-state index is 0.0806. The second-order valence-electron chi connectivity index (χ2n) is 4.34. The lowest BCUT2D eigenvalue weighted by atomic mass is 9.88. The SMILES string of the molecule is N#Cc1nc2c(cc1Cl)ncn2C1CC(F)(F)C1. The first-order valence-corrected chi connectivity index (χ1v) is 5.69. The number of fused-ring (bicyclic) bond motifs is 1. The predicted octanol–water partition coefficient (Wildman–Crippen LogP) is 2.93. The number of hydrogen-bond donors (Lipinski definition) is 0. The van der Waals surface area contributed by atoms with Crippen molar-refractivity contribution in [1.29, 1.82) is 5.26 Å². The molecule has 3 rings (SSSR count). The van der Waals surface area contributed by atoms with Gasteiger partial charge in [-0.1, -0.05) is 11.6 Å². The number of nitriles is 1. The summed E-state index contributed by atoms with van der Waals surface area (Å²) in [7, 11) is 0. The molecule has 1 aliphatic rings. The average Bonchev–Trinajstić information content (AvgIpc) is 2.66. The van der Waals surface area contributed by atoms with Crippen molar-refractivity contribution in [3.8, 4) is 6.07 Å². The molecule has 2 heterocycles. The van der Waals surface area contributed by atoms with Crippen molar-refractivity contribution in [1.82, 2.24) is 14.5 Å². The molecule has 92 valence electrons. The summed E-state index contributed by atoms with van der Waals surface area (Å²) in [6, 6.07) is 3.07. The Kier molecular flexibility index (Phi) is 2.29. The van der Waals surface area contributed by atoms with Gasteiger partial charge in [0.15, 0.2) is 11.3 Å². The predicted molar refractivity (Wildman–Crippen MR) is 60.5 cm³/mol. The van der Waals surface area contributed by atoms with Crippen molar-refractivity contribution in [2.75, 3.05) is 0 Å². The Morgan fingerprint density at radius 2 is 2.22 bits per heavy atom. The van der Waals surface area contributed by atoms with Gasteiger partial charge in [-0.15, -0.1) is 0 Å². The van der Waals surface area contributed by atoms with Gasteiger partial charge in [0.1, 0.15) is 11.6 Å². The molecule has 7 heteroatoms. The lowest BCUT2D eigenvalue weighted by molar-refractivity contribution is -0.103. The van der Waals surface area contributed by atoms with Crippen LogP contribution in [0.15, 0.2) is 12.4 Å². The highest BCUT2D eigenvalue weighted by atomic mass is 35.5. The molecule has 2 aromatic heterocycles. The maximum absolute atomic E-state index is 12.9. The van der Waals surface area contributed by atoms with Gasteiger partial charge in [-0.3, -0.25) is 0 Å². The van der Waals surface area contributed by atoms with E-state index in [4.69, 9.17) is 16.9 Å². The van der Waals surface area contributed by atoms with Gasteiger partial charge in [-0.2, -0.15) is 5.26 Å². The molecule has 0 aliphatic heterocycles. The molecular formula is C11H7ClF2N4. The zero-order chi connectivity index (χ0) is 12.9. The second-order valence-corrected chi connectivity index (χ2v) is 4.75. The van der Waals surface area contributed by atoms with Crippen LogP contribution in [0.4, 0.5) is 8.78 Å². The van der Waals surface area contributed by atoms with Crippen molar-refractivity contribution < 1.29 is 8.78 Å². The van der Waals surface area contributed by atoms with Crippen molar-refractivity contribution in [2.45, 2.75) is 24.8 Å². The van der Waals surface area contributed by atoms with E-state index < -0.39 is 5.92 Å². The van der Waals surface area contributed by atoms with Crippen molar-refractivity contribution in [3.05, 3.63) is 23.1 Å². The summed E-state index contributed by atoms with van der Waals surface area (Å²) in [5.74, 6) is -2.61. The smallest absolute Gasteiger partial charge is 0.252 e. The summed E-state index contributed by atoms with van der Waals surface area (Å²) < 4.78 is 27.3. The minimum atomic E-state index is -2.61. The van der Waals surface area contributed by atoms with Crippen molar-refractivity contribution in [3.63, 3.8) is 0 Å². The van der Waals surface area contributed by atoms with Gasteiger partial charge in [0, 0.05) is 18.9 Å². The molecule has 18 heavy (non-hydrogen) atoms. The van der Waals surface area contributed by atoms with Crippen LogP contribution in [0.2, 0.25) is 5.02 Å². The van der Waals surface area contributed by atoms with Crippen LogP contribution in [-0.4, -0.2) is 20.5 Å². The Morgan fingerprint density at radius 3 is 2.83 bits per heavy atom. The number of hydrogen-bond acceptors (Lipinski definition) is 3. The highest BCUT2D eigenvalue weighted by molar-refractivity contribution is 6.32. The molecule has 4 nitrogen and oxygen atoms in total. The summed E-state index contributed by atoms with van der Waals surface area (Å²) in [5.41, 5.74) is 1.02. The molecule has 0 radical (unpaired) electrons. The second kappa shape index (κ2) is 3.62. The molecule has 1 saturated carbocycles. The zero-order valence-electron chi connectivity index (χ0n) is 9.07. The molecule has 2 aromatic rings. The van der Waals surface area contributed by atoms with Crippen LogP contribution >= 0.6 is 11.6 Å². The topological polar surface area (TPSA) is 54.5 Å². The van der Waals surface area contributed by atoms with Gasteiger partial charge in [-0.05, 0) is 6.07 Å². The Labute approximate surface area is 106 Å². The Hall–Kier alpha value is -1.74. The first-order chi connectivity index (χ1) is 8.50. The van der Waals surface area contributed by atoms with Crippen LogP contribution in [0, 0.1) is 11.3 Å². The molecule has 1 fully saturated rings. The molecule has 0 unspecified atom stereocenters. The molecule has 0 atom stereocenters. The van der Waals surface area contributed by atoms with Gasteiger partial charge in [0.25, 0.3) is 5.92 Å². The monoisotopic (exact) mass is 268 g/mol. The maximum atomic E-state index is 12.9. The third-order valence-corrected chi connectivity index (χ3v) is 3.36. The summed E-state index contributed by atoms with van der Waals surface area (Å²) in [6.45, 7) is 0. The van der Waals surface area contributed by atoms with E-state index in [1.165, 1.54) is 12.4 Å². The maximum Gasteiger partial charge on any atom is 0.252 e. The van der Waals surface area contributed by atoms with E-state index in [2.05, 4.69) is 9.97 Å². The number of aromatic nitrogens is 3. The Balaban J connectivity index is 2.07. The summed E-state index contributed by atoms with van der Waals surface area (Å²) in [5, 5.41) is 9.07. The summed E-state index contributed by atoms with van der Waals surface area (Å²) in [6.07, 6.45) is 1.03. The van der Waals surface area contributed by atoms with E-state index in [0.29, 0.717) is 11.2 Å². The van der Waals surface area contributed by atoms with Gasteiger partial charge in [-0.25, -0.2) is 18.7 Å². The lowest BCUT2D eigenvalue weighted by Crippen LogP contribution is -2.36. The molecule has 0 saturated heterocycles. The van der Waals surface area contributed by atoms with E-state index in [0.717, 1.165) is 0 Å². The van der Waals surface area contributed by atoms with E-state index in [-0.39, 0.29) is 29.6 Å². The van der Waals surface area contributed by atoms with Crippen LogP contribution in [0.3, 0.4) is 0 Å². The minimum Gasteiger partial charge on any atom is -0.312 e. The fourth-order valence-corrected chi connectivity index (χ4v) is 2.29. The number of alkyl halides is 2. The van der Waals surface area contributed by atoms with E-state index in [9.17, 15) is 8.78 Å². The van der Waals surface area contributed by atoms with Crippen LogP contribution in [0.5, 0.6) is 0 Å². The standard InChI is InChI=1S/C11H7ClF2N4/c12-7-1-8-10(17-9(7)4-15)18(5-16-8)6-2-11(13,14)3-6/h1,5-6H,2-3H2. The average molecular weight is 269 g/mol. The van der Waals surface area contributed by atoms with Gasteiger partial charge in [0.05, 0.1) is 11.3 Å². The number of halogens is 3. The van der Waals surface area contributed by atoms with Crippen LogP contribution in [-0.2, 0) is 0 Å². The first kappa shape index (κ1) is 11.4. The number of imidazole rings is 1. The fraction of sp³-hybridized carbons (Fsp3) is 0.364. The summed E-state index contributed by atoms with van der Waals surface area (Å²) >= 11 is 5.83. The van der Waals surface area contributed by atoms with Crippen LogP contribution < -0.4 is 0 Å². The largest absolute Gasteiger partial charge is 0.312 e. The third-order valence-electron chi connectivity index (χ3n) is 3.07. The van der Waals surface area contributed by atoms with E-state index in [1.807, 2.05) is 6.07 Å². The molecule has 0 N–H and O–H groups in total. The normalized spacial score (nSPS) is 18.6. The van der Waals surface area contributed by atoms with Crippen LogP contribution in [0.25, 0.3) is 11.2 Å². The number of rotatable bonds is 1. The Morgan fingerprint density at radius 1 is 1.50 bits per heavy atom. The molecule has 0 aromatic carbocycles. The summed E-state index contributed by atoms with van der Waals surface area (Å²) in [4.78, 5) is 8.13. The van der Waals surface area contributed by atoms with E-state index in [1.54, 1.807) is 4.57 Å². The molecule has 1 aliphatic carbocycles. The highest BCUT2D eigenvalue weighted by Gasteiger charge is 2.46. The molecule has 0 amide bonds. The van der Waals surface area contributed by atoms with Crippen molar-refractivity contribution in [2.24, 2.45) is 0 Å². The quantitative estimate of drug-likeness (QED) is 0.799. The first-order valence-electron chi connectivity index (χ1n) is 5.31. The van der Waals surface area contributed by atoms with Crippen LogP contribution in [0.1, 0.15) is 24.6 Å². The lowest BCUT2D eigenvalue weighted by Gasteiger charge is -2.35. The van der Waals surface area contributed by atoms with Gasteiger partial charge in [0.2, 0.25) is 0 Å². The van der Waals surface area contributed by atoms with E-state index >= 15 is 0 Å². The Bertz CT molecular complexity index is 665. The fourth-order valence-electron chi connectivity index (χ4n) is 2.11. The highest BCUT2D eigenvalue weighted by Crippen LogP contribution is 2.46. The molecule has 0 spiro atoms. The zero-order valence-corrected chi connectivity index (χ0v) is 9.82. The number of pyridine rings is 1. The third kappa shape index (κ3) is 1.63. The molecular weight excluding hydrogens is 262 g/mol.